The number of carboxylic acids is 1. The van der Waals surface area contributed by atoms with Gasteiger partial charge in [0.05, 0.1) is 6.20 Å². The van der Waals surface area contributed by atoms with Crippen molar-refractivity contribution in [2.45, 2.75) is 0 Å². The third-order valence-electron chi connectivity index (χ3n) is 2.79. The predicted molar refractivity (Wildman–Crippen MR) is 79.3 cm³/mol. The van der Waals surface area contributed by atoms with Gasteiger partial charge in [-0.3, -0.25) is 0 Å². The summed E-state index contributed by atoms with van der Waals surface area (Å²) in [5, 5.41) is 13.2. The van der Waals surface area contributed by atoms with Crippen molar-refractivity contribution in [1.82, 2.24) is 19.7 Å². The normalized spacial score (nSPS) is 11.1. The van der Waals surface area contributed by atoms with Crippen molar-refractivity contribution in [2.24, 2.45) is 0 Å². The first-order valence-corrected chi connectivity index (χ1v) is 6.97. The van der Waals surface area contributed by atoms with E-state index in [4.69, 9.17) is 5.11 Å². The van der Waals surface area contributed by atoms with Crippen LogP contribution in [0.1, 0.15) is 20.2 Å². The number of rotatable bonds is 4. The zero-order chi connectivity index (χ0) is 15.5. The average Bonchev–Trinajstić information content (AvgIpc) is 3.17. The van der Waals surface area contributed by atoms with Gasteiger partial charge in [-0.1, -0.05) is 12.1 Å². The molecule has 0 spiro atoms. The predicted octanol–water partition coefficient (Wildman–Crippen LogP) is 2.73. The van der Waals surface area contributed by atoms with Crippen molar-refractivity contribution < 1.29 is 14.3 Å². The van der Waals surface area contributed by atoms with E-state index in [0.717, 1.165) is 11.3 Å². The zero-order valence-corrected chi connectivity index (χ0v) is 11.9. The van der Waals surface area contributed by atoms with E-state index in [9.17, 15) is 9.18 Å². The van der Waals surface area contributed by atoms with Crippen LogP contribution in [0.4, 0.5) is 4.39 Å². The second-order valence-electron chi connectivity index (χ2n) is 4.25. The number of thiazole rings is 1. The fourth-order valence-corrected chi connectivity index (χ4v) is 2.44. The van der Waals surface area contributed by atoms with Crippen LogP contribution in [0.3, 0.4) is 0 Å². The molecule has 0 amide bonds. The molecule has 110 valence electrons. The minimum Gasteiger partial charge on any atom is -0.477 e. The molecule has 0 radical (unpaired) electrons. The molecule has 0 saturated heterocycles. The van der Waals surface area contributed by atoms with Crippen LogP contribution in [0.25, 0.3) is 17.8 Å². The standard InChI is InChI=1S/C14H9FN4O2S/c15-10-5-9(1-3-11(10)19-8-16-7-18-19)2-4-13-17-6-12(22-13)14(20)21/h1-8H,(H,20,21)/b4-2+. The molecular weight excluding hydrogens is 307 g/mol. The molecule has 3 rings (SSSR count). The Morgan fingerprint density at radius 3 is 2.86 bits per heavy atom. The number of carboxylic acid groups (broad SMARTS) is 1. The molecule has 1 N–H and O–H groups in total. The van der Waals surface area contributed by atoms with E-state index in [1.807, 2.05) is 0 Å². The molecule has 2 aromatic heterocycles. The highest BCUT2D eigenvalue weighted by Crippen LogP contribution is 2.18. The fourth-order valence-electron chi connectivity index (χ4n) is 1.78. The lowest BCUT2D eigenvalue weighted by Crippen LogP contribution is -1.98. The maximum atomic E-state index is 14.0. The first-order chi connectivity index (χ1) is 10.6. The van der Waals surface area contributed by atoms with E-state index in [0.29, 0.717) is 16.3 Å². The van der Waals surface area contributed by atoms with Crippen molar-refractivity contribution in [2.75, 3.05) is 0 Å². The number of nitrogens with zero attached hydrogens (tertiary/aromatic N) is 4. The molecule has 0 bridgehead atoms. The molecule has 1 aromatic carbocycles. The summed E-state index contributed by atoms with van der Waals surface area (Å²) < 4.78 is 15.4. The van der Waals surface area contributed by atoms with E-state index in [2.05, 4.69) is 15.1 Å². The monoisotopic (exact) mass is 316 g/mol. The van der Waals surface area contributed by atoms with Gasteiger partial charge in [0.2, 0.25) is 0 Å². The van der Waals surface area contributed by atoms with Crippen molar-refractivity contribution in [1.29, 1.82) is 0 Å². The summed E-state index contributed by atoms with van der Waals surface area (Å²) in [6.45, 7) is 0. The van der Waals surface area contributed by atoms with Crippen LogP contribution in [0.5, 0.6) is 0 Å². The van der Waals surface area contributed by atoms with Gasteiger partial charge in [0.1, 0.15) is 34.0 Å². The largest absolute Gasteiger partial charge is 0.477 e. The summed E-state index contributed by atoms with van der Waals surface area (Å²) in [6, 6.07) is 4.68. The van der Waals surface area contributed by atoms with Gasteiger partial charge in [-0.2, -0.15) is 5.10 Å². The maximum absolute atomic E-state index is 14.0. The quantitative estimate of drug-likeness (QED) is 0.800. The summed E-state index contributed by atoms with van der Waals surface area (Å²) in [6.07, 6.45) is 7.34. The second kappa shape index (κ2) is 5.86. The van der Waals surface area contributed by atoms with Crippen LogP contribution in [0, 0.1) is 5.82 Å². The summed E-state index contributed by atoms with van der Waals surface area (Å²) in [4.78, 5) is 18.7. The van der Waals surface area contributed by atoms with E-state index in [1.54, 1.807) is 24.3 Å². The first-order valence-electron chi connectivity index (χ1n) is 6.15. The molecule has 0 saturated carbocycles. The van der Waals surface area contributed by atoms with Gasteiger partial charge in [-0.05, 0) is 23.8 Å². The van der Waals surface area contributed by atoms with Gasteiger partial charge >= 0.3 is 5.97 Å². The highest BCUT2D eigenvalue weighted by Gasteiger charge is 2.07. The van der Waals surface area contributed by atoms with Crippen molar-refractivity contribution >= 4 is 29.5 Å². The number of aromatic nitrogens is 4. The number of carbonyl (C=O) groups is 1. The second-order valence-corrected chi connectivity index (χ2v) is 5.31. The zero-order valence-electron chi connectivity index (χ0n) is 11.0. The maximum Gasteiger partial charge on any atom is 0.347 e. The van der Waals surface area contributed by atoms with Crippen molar-refractivity contribution in [3.8, 4) is 5.69 Å². The summed E-state index contributed by atoms with van der Waals surface area (Å²) >= 11 is 1.05. The molecule has 0 aliphatic carbocycles. The van der Waals surface area contributed by atoms with Gasteiger partial charge in [0.15, 0.2) is 0 Å². The summed E-state index contributed by atoms with van der Waals surface area (Å²) in [5.41, 5.74) is 0.936. The highest BCUT2D eigenvalue weighted by molar-refractivity contribution is 7.14. The van der Waals surface area contributed by atoms with Gasteiger partial charge in [0, 0.05) is 0 Å². The number of benzene rings is 1. The van der Waals surface area contributed by atoms with Crippen molar-refractivity contribution in [3.63, 3.8) is 0 Å². The number of aromatic carboxylic acids is 1. The molecule has 0 atom stereocenters. The Balaban J connectivity index is 1.82. The van der Waals surface area contributed by atoms with Crippen LogP contribution >= 0.6 is 11.3 Å². The van der Waals surface area contributed by atoms with Crippen LogP contribution < -0.4 is 0 Å². The minimum atomic E-state index is -1.01. The Morgan fingerprint density at radius 1 is 1.36 bits per heavy atom. The van der Waals surface area contributed by atoms with Crippen LogP contribution in [0.2, 0.25) is 0 Å². The Bertz CT molecular complexity index is 842. The average molecular weight is 316 g/mol. The summed E-state index contributed by atoms with van der Waals surface area (Å²) in [7, 11) is 0. The molecule has 8 heteroatoms. The lowest BCUT2D eigenvalue weighted by atomic mass is 10.2. The molecule has 2 heterocycles. The Labute approximate surface area is 128 Å². The number of hydrogen-bond acceptors (Lipinski definition) is 5. The third-order valence-corrected chi connectivity index (χ3v) is 3.74. The fraction of sp³-hybridized carbons (Fsp3) is 0. The minimum absolute atomic E-state index is 0.160. The number of halogens is 1. The van der Waals surface area contributed by atoms with Gasteiger partial charge < -0.3 is 5.11 Å². The third kappa shape index (κ3) is 2.91. The lowest BCUT2D eigenvalue weighted by Gasteiger charge is -2.03. The lowest BCUT2D eigenvalue weighted by molar-refractivity contribution is 0.0702. The van der Waals surface area contributed by atoms with Gasteiger partial charge in [-0.25, -0.2) is 23.8 Å². The van der Waals surface area contributed by atoms with E-state index in [1.165, 1.54) is 29.6 Å². The van der Waals surface area contributed by atoms with Gasteiger partial charge in [-0.15, -0.1) is 11.3 Å². The smallest absolute Gasteiger partial charge is 0.347 e. The number of hydrogen-bond donors (Lipinski definition) is 1. The first kappa shape index (κ1) is 14.1. The molecular formula is C14H9FN4O2S. The molecule has 0 aliphatic rings. The molecule has 6 nitrogen and oxygen atoms in total. The van der Waals surface area contributed by atoms with E-state index >= 15 is 0 Å². The SMILES string of the molecule is O=C(O)c1cnc(/C=C/c2ccc(-n3cncn3)c(F)c2)s1. The molecule has 22 heavy (non-hydrogen) atoms. The van der Waals surface area contributed by atoms with Crippen LogP contribution in [-0.4, -0.2) is 30.8 Å². The Hall–Kier alpha value is -2.87. The molecule has 0 fully saturated rings. The van der Waals surface area contributed by atoms with Crippen LogP contribution in [0.15, 0.2) is 37.1 Å². The Morgan fingerprint density at radius 2 is 2.23 bits per heavy atom. The summed E-state index contributed by atoms with van der Waals surface area (Å²) in [5.74, 6) is -1.45. The molecule has 0 unspecified atom stereocenters. The van der Waals surface area contributed by atoms with E-state index < -0.39 is 11.8 Å². The van der Waals surface area contributed by atoms with Crippen molar-refractivity contribution in [3.05, 3.63) is 58.3 Å². The molecule has 3 aromatic rings. The van der Waals surface area contributed by atoms with Crippen LogP contribution in [-0.2, 0) is 0 Å². The topological polar surface area (TPSA) is 80.9 Å². The van der Waals surface area contributed by atoms with Gasteiger partial charge in [0.25, 0.3) is 0 Å². The Kier molecular flexibility index (Phi) is 3.75. The molecule has 0 aliphatic heterocycles. The highest BCUT2D eigenvalue weighted by atomic mass is 32.1. The van der Waals surface area contributed by atoms with E-state index in [-0.39, 0.29) is 4.88 Å².